The molecule has 0 saturated carbocycles. The standard InChI is InChI=1S/C19H29NOS/c1-15(2)19(21)18-8-6-7-17(14-18)13-16(3)22-12-11-20-9-4-5-10-20/h6-8,14-16H,4-5,9-13H2,1-3H3. The number of thioether (sulfide) groups is 1. The van der Waals surface area contributed by atoms with Crippen molar-refractivity contribution in [1.29, 1.82) is 0 Å². The highest BCUT2D eigenvalue weighted by Gasteiger charge is 2.13. The van der Waals surface area contributed by atoms with Crippen LogP contribution in [0.2, 0.25) is 0 Å². The number of nitrogens with zero attached hydrogens (tertiary/aromatic N) is 1. The smallest absolute Gasteiger partial charge is 0.165 e. The van der Waals surface area contributed by atoms with E-state index < -0.39 is 0 Å². The molecule has 22 heavy (non-hydrogen) atoms. The van der Waals surface area contributed by atoms with Gasteiger partial charge in [-0.15, -0.1) is 0 Å². The second kappa shape index (κ2) is 8.73. The summed E-state index contributed by atoms with van der Waals surface area (Å²) in [5.41, 5.74) is 2.15. The van der Waals surface area contributed by atoms with Gasteiger partial charge in [-0.05, 0) is 44.0 Å². The van der Waals surface area contributed by atoms with Crippen molar-refractivity contribution < 1.29 is 4.79 Å². The van der Waals surface area contributed by atoms with Crippen molar-refractivity contribution in [2.75, 3.05) is 25.4 Å². The number of ketones is 1. The van der Waals surface area contributed by atoms with E-state index in [2.05, 4.69) is 35.7 Å². The lowest BCUT2D eigenvalue weighted by atomic mass is 9.98. The van der Waals surface area contributed by atoms with Crippen molar-refractivity contribution in [3.63, 3.8) is 0 Å². The van der Waals surface area contributed by atoms with E-state index in [1.807, 2.05) is 26.0 Å². The highest BCUT2D eigenvalue weighted by molar-refractivity contribution is 7.99. The van der Waals surface area contributed by atoms with E-state index in [1.54, 1.807) is 0 Å². The Morgan fingerprint density at radius 3 is 2.64 bits per heavy atom. The van der Waals surface area contributed by atoms with E-state index in [1.165, 1.54) is 43.8 Å². The van der Waals surface area contributed by atoms with E-state index in [-0.39, 0.29) is 11.7 Å². The molecule has 1 aromatic carbocycles. The maximum Gasteiger partial charge on any atom is 0.165 e. The SMILES string of the molecule is CC(Cc1cccc(C(=O)C(C)C)c1)SCCN1CCCC1. The summed E-state index contributed by atoms with van der Waals surface area (Å²) in [6.45, 7) is 10.0. The molecule has 0 spiro atoms. The zero-order valence-electron chi connectivity index (χ0n) is 14.2. The Morgan fingerprint density at radius 2 is 1.95 bits per heavy atom. The molecule has 122 valence electrons. The molecule has 2 rings (SSSR count). The van der Waals surface area contributed by atoms with E-state index in [0.717, 1.165) is 12.0 Å². The predicted octanol–water partition coefficient (Wildman–Crippen LogP) is 4.29. The molecule has 0 N–H and O–H groups in total. The van der Waals surface area contributed by atoms with Crippen LogP contribution in [0.5, 0.6) is 0 Å². The summed E-state index contributed by atoms with van der Waals surface area (Å²) in [6, 6.07) is 8.19. The van der Waals surface area contributed by atoms with Gasteiger partial charge in [0, 0.05) is 29.0 Å². The average Bonchev–Trinajstić information content (AvgIpc) is 3.00. The monoisotopic (exact) mass is 319 g/mol. The van der Waals surface area contributed by atoms with Crippen LogP contribution in [0.25, 0.3) is 0 Å². The lowest BCUT2D eigenvalue weighted by Crippen LogP contribution is -2.22. The number of hydrogen-bond donors (Lipinski definition) is 0. The van der Waals surface area contributed by atoms with Gasteiger partial charge in [0.2, 0.25) is 0 Å². The fraction of sp³-hybridized carbons (Fsp3) is 0.632. The molecule has 1 aliphatic rings. The van der Waals surface area contributed by atoms with Crippen molar-refractivity contribution in [3.8, 4) is 0 Å². The largest absolute Gasteiger partial charge is 0.303 e. The Morgan fingerprint density at radius 1 is 1.23 bits per heavy atom. The van der Waals surface area contributed by atoms with Gasteiger partial charge in [0.25, 0.3) is 0 Å². The number of rotatable bonds is 8. The Kier molecular flexibility index (Phi) is 6.97. The Labute approximate surface area is 139 Å². The van der Waals surface area contributed by atoms with E-state index >= 15 is 0 Å². The molecule has 2 nitrogen and oxygen atoms in total. The second-order valence-corrected chi connectivity index (χ2v) is 8.20. The van der Waals surface area contributed by atoms with Crippen LogP contribution in [0.15, 0.2) is 24.3 Å². The number of Topliss-reactive ketones (excluding diaryl/α,β-unsaturated/α-hetero) is 1. The van der Waals surface area contributed by atoms with Crippen molar-refractivity contribution in [1.82, 2.24) is 4.90 Å². The second-order valence-electron chi connectivity index (χ2n) is 6.65. The van der Waals surface area contributed by atoms with Gasteiger partial charge in [0.1, 0.15) is 0 Å². The summed E-state index contributed by atoms with van der Waals surface area (Å²) < 4.78 is 0. The maximum atomic E-state index is 12.1. The first-order valence-corrected chi connectivity index (χ1v) is 9.58. The molecule has 1 aliphatic heterocycles. The van der Waals surface area contributed by atoms with Gasteiger partial charge in [-0.1, -0.05) is 39.0 Å². The third-order valence-electron chi connectivity index (χ3n) is 4.27. The Hall–Kier alpha value is -0.800. The van der Waals surface area contributed by atoms with Crippen molar-refractivity contribution >= 4 is 17.5 Å². The molecule has 1 heterocycles. The van der Waals surface area contributed by atoms with Gasteiger partial charge < -0.3 is 4.90 Å². The maximum absolute atomic E-state index is 12.1. The number of hydrogen-bond acceptors (Lipinski definition) is 3. The molecular formula is C19H29NOS. The van der Waals surface area contributed by atoms with Gasteiger partial charge in [-0.2, -0.15) is 11.8 Å². The predicted molar refractivity (Wildman–Crippen MR) is 96.9 cm³/mol. The molecule has 0 bridgehead atoms. The van der Waals surface area contributed by atoms with Crippen LogP contribution in [0.4, 0.5) is 0 Å². The molecule has 1 fully saturated rings. The quantitative estimate of drug-likeness (QED) is 0.667. The van der Waals surface area contributed by atoms with Crippen molar-refractivity contribution in [2.24, 2.45) is 5.92 Å². The summed E-state index contributed by atoms with van der Waals surface area (Å²) in [7, 11) is 0. The van der Waals surface area contributed by atoms with Gasteiger partial charge in [-0.25, -0.2) is 0 Å². The summed E-state index contributed by atoms with van der Waals surface area (Å²) in [5, 5.41) is 0.604. The first-order chi connectivity index (χ1) is 10.6. The first kappa shape index (κ1) is 17.6. The van der Waals surface area contributed by atoms with Crippen LogP contribution < -0.4 is 0 Å². The van der Waals surface area contributed by atoms with Crippen molar-refractivity contribution in [2.45, 2.75) is 45.3 Å². The number of carbonyl (C=O) groups excluding carboxylic acids is 1. The van der Waals surface area contributed by atoms with Crippen LogP contribution in [0.3, 0.4) is 0 Å². The van der Waals surface area contributed by atoms with Gasteiger partial charge in [0.05, 0.1) is 0 Å². The van der Waals surface area contributed by atoms with Crippen molar-refractivity contribution in [3.05, 3.63) is 35.4 Å². The highest BCUT2D eigenvalue weighted by Crippen LogP contribution is 2.19. The van der Waals surface area contributed by atoms with Crippen LogP contribution in [-0.2, 0) is 6.42 Å². The molecule has 0 aliphatic carbocycles. The number of likely N-dealkylation sites (tertiary alicyclic amines) is 1. The van der Waals surface area contributed by atoms with Crippen LogP contribution in [-0.4, -0.2) is 41.3 Å². The van der Waals surface area contributed by atoms with E-state index in [4.69, 9.17) is 0 Å². The van der Waals surface area contributed by atoms with E-state index in [0.29, 0.717) is 5.25 Å². The van der Waals surface area contributed by atoms with E-state index in [9.17, 15) is 4.79 Å². The lowest BCUT2D eigenvalue weighted by Gasteiger charge is -2.17. The molecule has 1 aromatic rings. The molecule has 0 radical (unpaired) electrons. The molecular weight excluding hydrogens is 290 g/mol. The van der Waals surface area contributed by atoms with Crippen LogP contribution >= 0.6 is 11.8 Å². The van der Waals surface area contributed by atoms with Gasteiger partial charge >= 0.3 is 0 Å². The minimum Gasteiger partial charge on any atom is -0.303 e. The topological polar surface area (TPSA) is 20.3 Å². The summed E-state index contributed by atoms with van der Waals surface area (Å²) >= 11 is 2.05. The average molecular weight is 320 g/mol. The lowest BCUT2D eigenvalue weighted by molar-refractivity contribution is 0.0939. The van der Waals surface area contributed by atoms with Gasteiger partial charge in [-0.3, -0.25) is 4.79 Å². The first-order valence-electron chi connectivity index (χ1n) is 8.53. The minimum absolute atomic E-state index is 0.0718. The molecule has 0 aromatic heterocycles. The zero-order chi connectivity index (χ0) is 15.9. The summed E-state index contributed by atoms with van der Waals surface area (Å²) in [6.07, 6.45) is 3.79. The molecule has 0 amide bonds. The summed E-state index contributed by atoms with van der Waals surface area (Å²) in [4.78, 5) is 14.7. The van der Waals surface area contributed by atoms with Crippen LogP contribution in [0.1, 0.15) is 49.5 Å². The van der Waals surface area contributed by atoms with Gasteiger partial charge in [0.15, 0.2) is 5.78 Å². The number of benzene rings is 1. The zero-order valence-corrected chi connectivity index (χ0v) is 15.0. The molecule has 1 unspecified atom stereocenters. The summed E-state index contributed by atoms with van der Waals surface area (Å²) in [5.74, 6) is 1.53. The number of carbonyl (C=O) groups is 1. The Bertz CT molecular complexity index is 480. The minimum atomic E-state index is 0.0718. The molecule has 1 saturated heterocycles. The fourth-order valence-electron chi connectivity index (χ4n) is 2.96. The van der Waals surface area contributed by atoms with Crippen LogP contribution in [0, 0.1) is 5.92 Å². The Balaban J connectivity index is 1.79. The third kappa shape index (κ3) is 5.44. The molecule has 3 heteroatoms. The normalized spacial score (nSPS) is 17.1. The highest BCUT2D eigenvalue weighted by atomic mass is 32.2. The molecule has 1 atom stereocenters. The fourth-order valence-corrected chi connectivity index (χ4v) is 4.04. The third-order valence-corrected chi connectivity index (χ3v) is 5.42.